The molecule has 0 aliphatic carbocycles. The van der Waals surface area contributed by atoms with Crippen LogP contribution in [0.15, 0.2) is 0 Å². The molecule has 0 atom stereocenters. The lowest BCUT2D eigenvalue weighted by molar-refractivity contribution is 0.0426. The first-order valence-corrected chi connectivity index (χ1v) is 6.33. The summed E-state index contributed by atoms with van der Waals surface area (Å²) in [6.45, 7) is 7.55. The normalized spacial score (nSPS) is 18.6. The fraction of sp³-hybridized carbons (Fsp3) is 1.00. The highest BCUT2D eigenvalue weighted by Gasteiger charge is 2.17. The first-order valence-electron chi connectivity index (χ1n) is 6.33. The Kier molecular flexibility index (Phi) is 6.98. The van der Waals surface area contributed by atoms with E-state index >= 15 is 0 Å². The van der Waals surface area contributed by atoms with Crippen molar-refractivity contribution in [3.8, 4) is 0 Å². The van der Waals surface area contributed by atoms with E-state index in [1.54, 1.807) is 0 Å². The molecule has 0 bridgehead atoms. The minimum absolute atomic E-state index is 0.762. The molecule has 0 spiro atoms. The van der Waals surface area contributed by atoms with Crippen molar-refractivity contribution in [3.05, 3.63) is 0 Å². The van der Waals surface area contributed by atoms with Gasteiger partial charge < -0.3 is 15.0 Å². The number of rotatable bonds is 7. The van der Waals surface area contributed by atoms with Gasteiger partial charge in [0.05, 0.1) is 0 Å². The third-order valence-electron chi connectivity index (χ3n) is 3.18. The Bertz CT molecular complexity index is 147. The summed E-state index contributed by atoms with van der Waals surface area (Å²) in [5.74, 6) is 0. The zero-order chi connectivity index (χ0) is 10.9. The van der Waals surface area contributed by atoms with Gasteiger partial charge >= 0.3 is 0 Å². The first-order chi connectivity index (χ1) is 7.34. The molecule has 3 nitrogen and oxygen atoms in total. The van der Waals surface area contributed by atoms with Crippen molar-refractivity contribution in [2.45, 2.75) is 38.6 Å². The third-order valence-corrected chi connectivity index (χ3v) is 3.18. The lowest BCUT2D eigenvalue weighted by Gasteiger charge is -2.31. The predicted molar refractivity (Wildman–Crippen MR) is 64.2 cm³/mol. The van der Waals surface area contributed by atoms with Gasteiger partial charge in [0.25, 0.3) is 0 Å². The molecule has 1 fully saturated rings. The Morgan fingerprint density at radius 3 is 2.67 bits per heavy atom. The van der Waals surface area contributed by atoms with E-state index in [2.05, 4.69) is 24.2 Å². The molecule has 1 N–H and O–H groups in total. The molecule has 0 unspecified atom stereocenters. The quantitative estimate of drug-likeness (QED) is 0.650. The monoisotopic (exact) mass is 214 g/mol. The summed E-state index contributed by atoms with van der Waals surface area (Å²) in [5, 5.41) is 3.36. The molecule has 1 heterocycles. The van der Waals surface area contributed by atoms with Crippen LogP contribution in [0.25, 0.3) is 0 Å². The minimum atomic E-state index is 0.762. The van der Waals surface area contributed by atoms with Gasteiger partial charge in [0.15, 0.2) is 0 Å². The largest absolute Gasteiger partial charge is 0.381 e. The highest BCUT2D eigenvalue weighted by atomic mass is 16.5. The number of hydrogen-bond donors (Lipinski definition) is 1. The van der Waals surface area contributed by atoms with Gasteiger partial charge in [-0.3, -0.25) is 0 Å². The number of nitrogens with zero attached hydrogens (tertiary/aromatic N) is 1. The lowest BCUT2D eigenvalue weighted by Crippen LogP contribution is -2.37. The summed E-state index contributed by atoms with van der Waals surface area (Å²) < 4.78 is 5.37. The molecule has 0 aromatic heterocycles. The summed E-state index contributed by atoms with van der Waals surface area (Å²) in [7, 11) is 2.25. The maximum absolute atomic E-state index is 5.37. The molecule has 0 aromatic rings. The lowest BCUT2D eigenvalue weighted by atomic mass is 10.1. The highest BCUT2D eigenvalue weighted by molar-refractivity contribution is 4.71. The van der Waals surface area contributed by atoms with Gasteiger partial charge in [-0.15, -0.1) is 0 Å². The molecular weight excluding hydrogens is 188 g/mol. The van der Waals surface area contributed by atoms with Crippen LogP contribution < -0.4 is 5.32 Å². The van der Waals surface area contributed by atoms with Crippen LogP contribution in [0.2, 0.25) is 0 Å². The van der Waals surface area contributed by atoms with Gasteiger partial charge in [-0.2, -0.15) is 0 Å². The van der Waals surface area contributed by atoms with Gasteiger partial charge in [0.1, 0.15) is 0 Å². The molecule has 1 aliphatic heterocycles. The van der Waals surface area contributed by atoms with E-state index in [0.717, 1.165) is 32.3 Å². The summed E-state index contributed by atoms with van der Waals surface area (Å²) >= 11 is 0. The van der Waals surface area contributed by atoms with E-state index in [0.29, 0.717) is 0 Å². The van der Waals surface area contributed by atoms with Crippen LogP contribution in [0.1, 0.15) is 32.6 Å². The zero-order valence-corrected chi connectivity index (χ0v) is 10.3. The second-order valence-corrected chi connectivity index (χ2v) is 4.38. The zero-order valence-electron chi connectivity index (χ0n) is 10.3. The average Bonchev–Trinajstić information content (AvgIpc) is 2.30. The Hall–Kier alpha value is -0.120. The van der Waals surface area contributed by atoms with Gasteiger partial charge in [-0.05, 0) is 52.4 Å². The summed E-state index contributed by atoms with van der Waals surface area (Å²) in [6.07, 6.45) is 5.02. The average molecular weight is 214 g/mol. The SMILES string of the molecule is CCNCCCCN(C)C1CCOCC1. The van der Waals surface area contributed by atoms with Crippen LogP contribution in [0.4, 0.5) is 0 Å². The van der Waals surface area contributed by atoms with Crippen molar-refractivity contribution in [1.29, 1.82) is 0 Å². The van der Waals surface area contributed by atoms with Crippen LogP contribution in [-0.4, -0.2) is 50.8 Å². The molecule has 15 heavy (non-hydrogen) atoms. The predicted octanol–water partition coefficient (Wildman–Crippen LogP) is 1.49. The van der Waals surface area contributed by atoms with E-state index in [-0.39, 0.29) is 0 Å². The van der Waals surface area contributed by atoms with Crippen LogP contribution in [0, 0.1) is 0 Å². The van der Waals surface area contributed by atoms with Gasteiger partial charge in [-0.25, -0.2) is 0 Å². The van der Waals surface area contributed by atoms with Crippen LogP contribution in [0.3, 0.4) is 0 Å². The van der Waals surface area contributed by atoms with E-state index < -0.39 is 0 Å². The topological polar surface area (TPSA) is 24.5 Å². The summed E-state index contributed by atoms with van der Waals surface area (Å²) in [5.41, 5.74) is 0. The molecule has 1 saturated heterocycles. The molecule has 0 amide bonds. The van der Waals surface area contributed by atoms with Gasteiger partial charge in [0.2, 0.25) is 0 Å². The standard InChI is InChI=1S/C12H26N2O/c1-3-13-8-4-5-9-14(2)12-6-10-15-11-7-12/h12-13H,3-11H2,1-2H3. The fourth-order valence-corrected chi connectivity index (χ4v) is 2.10. The molecule has 0 saturated carbocycles. The van der Waals surface area contributed by atoms with Crippen LogP contribution >= 0.6 is 0 Å². The molecule has 0 radical (unpaired) electrons. The summed E-state index contributed by atoms with van der Waals surface area (Å²) in [4.78, 5) is 2.51. The first kappa shape index (κ1) is 12.9. The van der Waals surface area contributed by atoms with Crippen molar-refractivity contribution in [2.75, 3.05) is 39.9 Å². The van der Waals surface area contributed by atoms with E-state index in [1.807, 2.05) is 0 Å². The molecule has 1 rings (SSSR count). The van der Waals surface area contributed by atoms with Crippen molar-refractivity contribution in [1.82, 2.24) is 10.2 Å². The fourth-order valence-electron chi connectivity index (χ4n) is 2.10. The smallest absolute Gasteiger partial charge is 0.0480 e. The van der Waals surface area contributed by atoms with Crippen molar-refractivity contribution >= 4 is 0 Å². The Morgan fingerprint density at radius 1 is 1.27 bits per heavy atom. The molecular formula is C12H26N2O. The van der Waals surface area contributed by atoms with E-state index in [9.17, 15) is 0 Å². The van der Waals surface area contributed by atoms with E-state index in [1.165, 1.54) is 32.2 Å². The second-order valence-electron chi connectivity index (χ2n) is 4.38. The number of hydrogen-bond acceptors (Lipinski definition) is 3. The van der Waals surface area contributed by atoms with Crippen molar-refractivity contribution in [3.63, 3.8) is 0 Å². The number of ether oxygens (including phenoxy) is 1. The number of unbranched alkanes of at least 4 members (excludes halogenated alkanes) is 1. The summed E-state index contributed by atoms with van der Waals surface area (Å²) in [6, 6.07) is 0.762. The molecule has 0 aromatic carbocycles. The third kappa shape index (κ3) is 5.50. The van der Waals surface area contributed by atoms with E-state index in [4.69, 9.17) is 4.74 Å². The Morgan fingerprint density at radius 2 is 2.00 bits per heavy atom. The molecule has 90 valence electrons. The van der Waals surface area contributed by atoms with Crippen LogP contribution in [0.5, 0.6) is 0 Å². The maximum Gasteiger partial charge on any atom is 0.0480 e. The van der Waals surface area contributed by atoms with Gasteiger partial charge in [0, 0.05) is 19.3 Å². The Labute approximate surface area is 94.2 Å². The maximum atomic E-state index is 5.37. The van der Waals surface area contributed by atoms with Crippen LogP contribution in [-0.2, 0) is 4.74 Å². The highest BCUT2D eigenvalue weighted by Crippen LogP contribution is 2.12. The molecule has 3 heteroatoms. The second kappa shape index (κ2) is 8.08. The Balaban J connectivity index is 1.99. The molecule has 1 aliphatic rings. The minimum Gasteiger partial charge on any atom is -0.381 e. The van der Waals surface area contributed by atoms with Crippen molar-refractivity contribution < 1.29 is 4.74 Å². The van der Waals surface area contributed by atoms with Crippen molar-refractivity contribution in [2.24, 2.45) is 0 Å². The van der Waals surface area contributed by atoms with Gasteiger partial charge in [-0.1, -0.05) is 6.92 Å². The number of nitrogens with one attached hydrogen (secondary N) is 1.